The Hall–Kier alpha value is -1.71. The summed E-state index contributed by atoms with van der Waals surface area (Å²) in [5.74, 6) is -3.33. The maximum Gasteiger partial charge on any atom is 0.327 e. The lowest BCUT2D eigenvalue weighted by molar-refractivity contribution is -0.150. The molecule has 120 valence electrons. The average Bonchev–Trinajstić information content (AvgIpc) is 2.71. The molecule has 0 spiro atoms. The number of hydrogen-bond acceptors (Lipinski definition) is 5. The van der Waals surface area contributed by atoms with Gasteiger partial charge in [-0.15, -0.1) is 0 Å². The Morgan fingerprint density at radius 1 is 1.39 bits per heavy atom. The summed E-state index contributed by atoms with van der Waals surface area (Å²) in [4.78, 5) is 35.6. The predicted octanol–water partition coefficient (Wildman–Crippen LogP) is 2.58. The van der Waals surface area contributed by atoms with Gasteiger partial charge in [-0.1, -0.05) is 52.0 Å². The van der Waals surface area contributed by atoms with E-state index in [0.29, 0.717) is 0 Å². The molecule has 23 heavy (non-hydrogen) atoms. The van der Waals surface area contributed by atoms with Gasteiger partial charge in [0.05, 0.1) is 11.3 Å². The van der Waals surface area contributed by atoms with Crippen LogP contribution in [-0.4, -0.2) is 43.3 Å². The van der Waals surface area contributed by atoms with Crippen LogP contribution in [0.3, 0.4) is 0 Å². The summed E-state index contributed by atoms with van der Waals surface area (Å²) < 4.78 is 0.862. The minimum Gasteiger partial charge on any atom is -0.481 e. The normalized spacial score (nSPS) is 17.6. The van der Waals surface area contributed by atoms with Gasteiger partial charge >= 0.3 is 11.9 Å². The van der Waals surface area contributed by atoms with E-state index in [-0.39, 0.29) is 9.23 Å². The molecular formula is C14H10BrNO5S2. The zero-order valence-corrected chi connectivity index (χ0v) is 14.7. The van der Waals surface area contributed by atoms with Gasteiger partial charge in [0.15, 0.2) is 0 Å². The van der Waals surface area contributed by atoms with E-state index >= 15 is 0 Å². The predicted molar refractivity (Wildman–Crippen MR) is 92.8 cm³/mol. The molecule has 1 atom stereocenters. The van der Waals surface area contributed by atoms with Crippen molar-refractivity contribution in [3.8, 4) is 0 Å². The van der Waals surface area contributed by atoms with E-state index < -0.39 is 30.3 Å². The molecular weight excluding hydrogens is 406 g/mol. The fourth-order valence-corrected chi connectivity index (χ4v) is 3.72. The number of rotatable bonds is 5. The standard InChI is InChI=1S/C14H10BrNO5S2/c15-8-3-1-2-7(4-8)5-10-12(19)16(14(22)23-10)9(13(20)21)6-11(17)18/h1-5,9H,6H2,(H,17,18)(H,20,21)/b10-5-/t9-/m0/s1. The second-order valence-corrected chi connectivity index (χ2v) is 7.15. The molecule has 0 unspecified atom stereocenters. The quantitative estimate of drug-likeness (QED) is 0.563. The number of carbonyl (C=O) groups excluding carboxylic acids is 1. The number of aliphatic carboxylic acids is 2. The van der Waals surface area contributed by atoms with E-state index in [9.17, 15) is 19.5 Å². The molecule has 1 aliphatic rings. The second-order valence-electron chi connectivity index (χ2n) is 4.56. The van der Waals surface area contributed by atoms with Gasteiger partial charge in [0.2, 0.25) is 0 Å². The Kier molecular flexibility index (Phi) is 5.55. The van der Waals surface area contributed by atoms with E-state index in [1.165, 1.54) is 0 Å². The van der Waals surface area contributed by atoms with Crippen molar-refractivity contribution >= 4 is 68.2 Å². The minimum absolute atomic E-state index is 0.0323. The van der Waals surface area contributed by atoms with Gasteiger partial charge in [-0.3, -0.25) is 14.5 Å². The maximum absolute atomic E-state index is 12.4. The third-order valence-corrected chi connectivity index (χ3v) is 4.76. The molecule has 0 bridgehead atoms. The molecule has 9 heteroatoms. The molecule has 1 heterocycles. The molecule has 1 saturated heterocycles. The van der Waals surface area contributed by atoms with Gasteiger partial charge in [-0.05, 0) is 23.8 Å². The van der Waals surface area contributed by atoms with Crippen LogP contribution in [0, 0.1) is 0 Å². The van der Waals surface area contributed by atoms with Crippen molar-refractivity contribution in [1.82, 2.24) is 4.90 Å². The smallest absolute Gasteiger partial charge is 0.327 e. The molecule has 0 aliphatic carbocycles. The molecule has 1 amide bonds. The number of carboxylic acids is 2. The Morgan fingerprint density at radius 2 is 2.09 bits per heavy atom. The number of halogens is 1. The lowest BCUT2D eigenvalue weighted by atomic mass is 10.1. The fourth-order valence-electron chi connectivity index (χ4n) is 1.95. The first-order valence-corrected chi connectivity index (χ1v) is 8.28. The van der Waals surface area contributed by atoms with Crippen LogP contribution in [0.2, 0.25) is 0 Å². The van der Waals surface area contributed by atoms with Crippen molar-refractivity contribution in [2.75, 3.05) is 0 Å². The lowest BCUT2D eigenvalue weighted by Gasteiger charge is -2.21. The topological polar surface area (TPSA) is 94.9 Å². The third kappa shape index (κ3) is 4.18. The summed E-state index contributed by atoms with van der Waals surface area (Å²) in [6.45, 7) is 0. The van der Waals surface area contributed by atoms with Crippen molar-refractivity contribution in [3.63, 3.8) is 0 Å². The van der Waals surface area contributed by atoms with Gasteiger partial charge < -0.3 is 10.2 Å². The van der Waals surface area contributed by atoms with Crippen molar-refractivity contribution < 1.29 is 24.6 Å². The molecule has 1 aliphatic heterocycles. The van der Waals surface area contributed by atoms with Crippen LogP contribution in [0.15, 0.2) is 33.6 Å². The summed E-state index contributed by atoms with van der Waals surface area (Å²) in [6, 6.07) is 5.67. The largest absolute Gasteiger partial charge is 0.481 e. The zero-order valence-electron chi connectivity index (χ0n) is 11.4. The molecule has 2 rings (SSSR count). The number of thioether (sulfide) groups is 1. The molecule has 0 radical (unpaired) electrons. The third-order valence-electron chi connectivity index (χ3n) is 2.93. The van der Waals surface area contributed by atoms with Crippen LogP contribution in [-0.2, 0) is 14.4 Å². The van der Waals surface area contributed by atoms with Gasteiger partial charge in [0.1, 0.15) is 10.4 Å². The van der Waals surface area contributed by atoms with Gasteiger partial charge in [0.25, 0.3) is 5.91 Å². The fraction of sp³-hybridized carbons (Fsp3) is 0.143. The highest BCUT2D eigenvalue weighted by Gasteiger charge is 2.41. The highest BCUT2D eigenvalue weighted by Crippen LogP contribution is 2.34. The van der Waals surface area contributed by atoms with Crippen LogP contribution >= 0.6 is 39.9 Å². The summed E-state index contributed by atoms with van der Waals surface area (Å²) >= 11 is 9.32. The summed E-state index contributed by atoms with van der Waals surface area (Å²) in [5.41, 5.74) is 0.741. The summed E-state index contributed by atoms with van der Waals surface area (Å²) in [7, 11) is 0. The number of amides is 1. The van der Waals surface area contributed by atoms with Crippen LogP contribution in [0.1, 0.15) is 12.0 Å². The first-order valence-electron chi connectivity index (χ1n) is 6.27. The van der Waals surface area contributed by atoms with Gasteiger partial charge in [-0.25, -0.2) is 4.79 Å². The summed E-state index contributed by atoms with van der Waals surface area (Å²) in [5, 5.41) is 18.0. The van der Waals surface area contributed by atoms with Gasteiger partial charge in [0, 0.05) is 4.47 Å². The van der Waals surface area contributed by atoms with Crippen molar-refractivity contribution in [3.05, 3.63) is 39.2 Å². The highest BCUT2D eigenvalue weighted by molar-refractivity contribution is 9.10. The lowest BCUT2D eigenvalue weighted by Crippen LogP contribution is -2.45. The molecule has 2 N–H and O–H groups in total. The summed E-state index contributed by atoms with van der Waals surface area (Å²) in [6.07, 6.45) is 0.871. The molecule has 1 fully saturated rings. The van der Waals surface area contributed by atoms with E-state index in [4.69, 9.17) is 17.3 Å². The molecule has 0 saturated carbocycles. The van der Waals surface area contributed by atoms with Crippen LogP contribution in [0.25, 0.3) is 6.08 Å². The Bertz CT molecular complexity index is 734. The van der Waals surface area contributed by atoms with Crippen molar-refractivity contribution in [2.45, 2.75) is 12.5 Å². The maximum atomic E-state index is 12.4. The van der Waals surface area contributed by atoms with Crippen LogP contribution in [0.5, 0.6) is 0 Å². The molecule has 1 aromatic rings. The monoisotopic (exact) mass is 415 g/mol. The van der Waals surface area contributed by atoms with E-state index in [1.54, 1.807) is 24.3 Å². The zero-order chi connectivity index (χ0) is 17.1. The van der Waals surface area contributed by atoms with Crippen LogP contribution < -0.4 is 0 Å². The Labute approximate surface area is 149 Å². The number of benzene rings is 1. The first-order chi connectivity index (χ1) is 10.8. The SMILES string of the molecule is O=C(O)C[C@@H](C(=O)O)N1C(=O)/C(=C/c2cccc(Br)c2)SC1=S. The first kappa shape index (κ1) is 17.6. The average molecular weight is 416 g/mol. The Morgan fingerprint density at radius 3 is 2.65 bits per heavy atom. The minimum atomic E-state index is -1.52. The molecule has 0 aromatic heterocycles. The second kappa shape index (κ2) is 7.24. The van der Waals surface area contributed by atoms with E-state index in [2.05, 4.69) is 15.9 Å². The number of carbonyl (C=O) groups is 3. The van der Waals surface area contributed by atoms with Crippen molar-refractivity contribution in [2.24, 2.45) is 0 Å². The highest BCUT2D eigenvalue weighted by atomic mass is 79.9. The van der Waals surface area contributed by atoms with Crippen molar-refractivity contribution in [1.29, 1.82) is 0 Å². The molecule has 1 aromatic carbocycles. The number of nitrogens with zero attached hydrogens (tertiary/aromatic N) is 1. The number of carboxylic acid groups (broad SMARTS) is 2. The molecule has 6 nitrogen and oxygen atoms in total. The van der Waals surface area contributed by atoms with E-state index in [0.717, 1.165) is 26.7 Å². The van der Waals surface area contributed by atoms with Crippen LogP contribution in [0.4, 0.5) is 0 Å². The number of hydrogen-bond donors (Lipinski definition) is 2. The Balaban J connectivity index is 2.32. The number of thiocarbonyl (C=S) groups is 1. The van der Waals surface area contributed by atoms with Gasteiger partial charge in [-0.2, -0.15) is 0 Å². The van der Waals surface area contributed by atoms with E-state index in [1.807, 2.05) is 6.07 Å².